The van der Waals surface area contributed by atoms with Crippen molar-refractivity contribution < 1.29 is 4.79 Å². The molecule has 1 nitrogen and oxygen atoms in total. The van der Waals surface area contributed by atoms with Crippen LogP contribution < -0.4 is 0 Å². The van der Waals surface area contributed by atoms with E-state index in [1.54, 1.807) is 6.92 Å². The van der Waals surface area contributed by atoms with Crippen molar-refractivity contribution >= 4 is 5.78 Å². The maximum absolute atomic E-state index is 11.7. The Morgan fingerprint density at radius 3 is 2.50 bits per heavy atom. The minimum absolute atomic E-state index is 0.212. The van der Waals surface area contributed by atoms with Crippen molar-refractivity contribution in [2.24, 2.45) is 0 Å². The van der Waals surface area contributed by atoms with Crippen LogP contribution in [0.2, 0.25) is 0 Å². The minimum atomic E-state index is 0.212. The van der Waals surface area contributed by atoms with Crippen molar-refractivity contribution in [2.45, 2.75) is 51.9 Å². The Kier molecular flexibility index (Phi) is 3.42. The Morgan fingerprint density at radius 2 is 1.88 bits per heavy atom. The number of carbonyl (C=O) groups excluding carboxylic acids is 1. The highest BCUT2D eigenvalue weighted by molar-refractivity contribution is 5.96. The lowest BCUT2D eigenvalue weighted by atomic mass is 9.81. The fourth-order valence-corrected chi connectivity index (χ4v) is 2.74. The van der Waals surface area contributed by atoms with Gasteiger partial charge in [0.25, 0.3) is 0 Å². The van der Waals surface area contributed by atoms with Gasteiger partial charge in [-0.15, -0.1) is 0 Å². The predicted molar refractivity (Wildman–Crippen MR) is 67.0 cm³/mol. The molecule has 16 heavy (non-hydrogen) atoms. The smallest absolute Gasteiger partial charge is 0.160 e. The number of hydrogen-bond donors (Lipinski definition) is 0. The van der Waals surface area contributed by atoms with Crippen LogP contribution in [0, 0.1) is 6.92 Å². The van der Waals surface area contributed by atoms with Crippen LogP contribution in [-0.4, -0.2) is 5.78 Å². The van der Waals surface area contributed by atoms with Gasteiger partial charge in [-0.1, -0.05) is 37.0 Å². The molecule has 0 aliphatic heterocycles. The van der Waals surface area contributed by atoms with Crippen molar-refractivity contribution in [3.63, 3.8) is 0 Å². The molecule has 0 N–H and O–H groups in total. The van der Waals surface area contributed by atoms with Crippen LogP contribution in [-0.2, 0) is 0 Å². The summed E-state index contributed by atoms with van der Waals surface area (Å²) in [5.74, 6) is 0.831. The molecular formula is C15H20O. The molecule has 0 aromatic heterocycles. The molecule has 0 saturated heterocycles. The summed E-state index contributed by atoms with van der Waals surface area (Å²) in [6, 6.07) is 6.35. The quantitative estimate of drug-likeness (QED) is 0.675. The Hall–Kier alpha value is -1.11. The van der Waals surface area contributed by atoms with Crippen molar-refractivity contribution in [3.05, 3.63) is 34.9 Å². The molecule has 1 heteroatoms. The van der Waals surface area contributed by atoms with Crippen molar-refractivity contribution in [1.29, 1.82) is 0 Å². The summed E-state index contributed by atoms with van der Waals surface area (Å²) in [7, 11) is 0. The lowest BCUT2D eigenvalue weighted by Gasteiger charge is -2.24. The monoisotopic (exact) mass is 216 g/mol. The Morgan fingerprint density at radius 1 is 1.19 bits per heavy atom. The zero-order valence-electron chi connectivity index (χ0n) is 10.3. The second-order valence-electron chi connectivity index (χ2n) is 4.98. The van der Waals surface area contributed by atoms with Gasteiger partial charge in [0, 0.05) is 5.56 Å². The standard InChI is InChI=1S/C15H20O/c1-11-8-9-14(15(10-11)12(2)16)13-6-4-3-5-7-13/h8-10,13H,3-7H2,1-2H3. The summed E-state index contributed by atoms with van der Waals surface area (Å²) < 4.78 is 0. The van der Waals surface area contributed by atoms with Gasteiger partial charge < -0.3 is 0 Å². The van der Waals surface area contributed by atoms with Gasteiger partial charge in [0.05, 0.1) is 0 Å². The van der Waals surface area contributed by atoms with E-state index in [0.29, 0.717) is 5.92 Å². The first-order valence-electron chi connectivity index (χ1n) is 6.30. The third-order valence-electron chi connectivity index (χ3n) is 3.63. The molecule has 0 unspecified atom stereocenters. The third-order valence-corrected chi connectivity index (χ3v) is 3.63. The lowest BCUT2D eigenvalue weighted by Crippen LogP contribution is -2.09. The van der Waals surface area contributed by atoms with E-state index in [0.717, 1.165) is 5.56 Å². The van der Waals surface area contributed by atoms with Crippen LogP contribution in [0.5, 0.6) is 0 Å². The lowest BCUT2D eigenvalue weighted by molar-refractivity contribution is 0.101. The van der Waals surface area contributed by atoms with E-state index in [1.807, 2.05) is 6.07 Å². The number of Topliss-reactive ketones (excluding diaryl/α,β-unsaturated/α-hetero) is 1. The van der Waals surface area contributed by atoms with Crippen LogP contribution in [0.15, 0.2) is 18.2 Å². The summed E-state index contributed by atoms with van der Waals surface area (Å²) in [6.07, 6.45) is 6.50. The molecule has 1 fully saturated rings. The Balaban J connectivity index is 2.34. The molecule has 2 rings (SSSR count). The Bertz CT molecular complexity index is 386. The average molecular weight is 216 g/mol. The summed E-state index contributed by atoms with van der Waals surface area (Å²) in [5.41, 5.74) is 3.43. The molecule has 0 heterocycles. The van der Waals surface area contributed by atoms with E-state index < -0.39 is 0 Å². The summed E-state index contributed by atoms with van der Waals surface area (Å²) in [6.45, 7) is 3.73. The number of ketones is 1. The zero-order chi connectivity index (χ0) is 11.5. The van der Waals surface area contributed by atoms with Gasteiger partial charge in [-0.2, -0.15) is 0 Å². The highest BCUT2D eigenvalue weighted by Crippen LogP contribution is 2.34. The topological polar surface area (TPSA) is 17.1 Å². The maximum Gasteiger partial charge on any atom is 0.160 e. The van der Waals surface area contributed by atoms with Crippen LogP contribution in [0.25, 0.3) is 0 Å². The molecule has 0 atom stereocenters. The first-order chi connectivity index (χ1) is 7.68. The Labute approximate surface area is 97.9 Å². The molecule has 1 aliphatic carbocycles. The summed E-state index contributed by atoms with van der Waals surface area (Å²) in [5, 5.41) is 0. The molecule has 1 aromatic carbocycles. The van der Waals surface area contributed by atoms with Crippen LogP contribution in [0.4, 0.5) is 0 Å². The fourth-order valence-electron chi connectivity index (χ4n) is 2.74. The maximum atomic E-state index is 11.7. The van der Waals surface area contributed by atoms with Gasteiger partial charge in [0.1, 0.15) is 0 Å². The van der Waals surface area contributed by atoms with Crippen LogP contribution in [0.1, 0.15) is 66.4 Å². The van der Waals surface area contributed by atoms with E-state index in [-0.39, 0.29) is 5.78 Å². The van der Waals surface area contributed by atoms with Crippen LogP contribution >= 0.6 is 0 Å². The van der Waals surface area contributed by atoms with E-state index in [2.05, 4.69) is 19.1 Å². The molecular weight excluding hydrogens is 196 g/mol. The van der Waals surface area contributed by atoms with Crippen molar-refractivity contribution in [3.8, 4) is 0 Å². The van der Waals surface area contributed by atoms with Gasteiger partial charge in [-0.3, -0.25) is 4.79 Å². The van der Waals surface area contributed by atoms with Gasteiger partial charge >= 0.3 is 0 Å². The first kappa shape index (κ1) is 11.4. The van der Waals surface area contributed by atoms with E-state index in [1.165, 1.54) is 43.2 Å². The third kappa shape index (κ3) is 2.34. The van der Waals surface area contributed by atoms with Gasteiger partial charge in [0.15, 0.2) is 5.78 Å². The molecule has 0 radical (unpaired) electrons. The molecule has 1 aromatic rings. The molecule has 0 spiro atoms. The second-order valence-corrected chi connectivity index (χ2v) is 4.98. The highest BCUT2D eigenvalue weighted by atomic mass is 16.1. The van der Waals surface area contributed by atoms with Gasteiger partial charge in [0.2, 0.25) is 0 Å². The molecule has 1 saturated carbocycles. The van der Waals surface area contributed by atoms with Gasteiger partial charge in [-0.05, 0) is 44.2 Å². The minimum Gasteiger partial charge on any atom is -0.295 e. The summed E-state index contributed by atoms with van der Waals surface area (Å²) in [4.78, 5) is 11.7. The zero-order valence-corrected chi connectivity index (χ0v) is 10.3. The number of hydrogen-bond acceptors (Lipinski definition) is 1. The number of benzene rings is 1. The average Bonchev–Trinajstić information content (AvgIpc) is 2.30. The molecule has 0 amide bonds. The van der Waals surface area contributed by atoms with Crippen molar-refractivity contribution in [2.75, 3.05) is 0 Å². The largest absolute Gasteiger partial charge is 0.295 e. The number of carbonyl (C=O) groups is 1. The van der Waals surface area contributed by atoms with E-state index in [4.69, 9.17) is 0 Å². The number of rotatable bonds is 2. The SMILES string of the molecule is CC(=O)c1cc(C)ccc1C1CCCCC1. The van der Waals surface area contributed by atoms with Crippen molar-refractivity contribution in [1.82, 2.24) is 0 Å². The van der Waals surface area contributed by atoms with E-state index in [9.17, 15) is 4.79 Å². The first-order valence-corrected chi connectivity index (χ1v) is 6.30. The van der Waals surface area contributed by atoms with E-state index >= 15 is 0 Å². The number of aryl methyl sites for hydroxylation is 1. The fraction of sp³-hybridized carbons (Fsp3) is 0.533. The summed E-state index contributed by atoms with van der Waals surface area (Å²) >= 11 is 0. The molecule has 0 bridgehead atoms. The van der Waals surface area contributed by atoms with Gasteiger partial charge in [-0.25, -0.2) is 0 Å². The molecule has 86 valence electrons. The molecule has 1 aliphatic rings. The highest BCUT2D eigenvalue weighted by Gasteiger charge is 2.19. The normalized spacial score (nSPS) is 17.4. The predicted octanol–water partition coefficient (Wildman–Crippen LogP) is 4.25. The van der Waals surface area contributed by atoms with Crippen LogP contribution in [0.3, 0.4) is 0 Å². The second kappa shape index (κ2) is 4.82.